The van der Waals surface area contributed by atoms with Gasteiger partial charge in [0.05, 0.1) is 6.10 Å². The van der Waals surface area contributed by atoms with Gasteiger partial charge in [0.25, 0.3) is 0 Å². The van der Waals surface area contributed by atoms with Gasteiger partial charge in [0.1, 0.15) is 0 Å². The minimum Gasteiger partial charge on any atom is -0.377 e. The number of rotatable bonds is 9. The molecule has 0 radical (unpaired) electrons. The Morgan fingerprint density at radius 2 is 1.79 bits per heavy atom. The van der Waals surface area contributed by atoms with Gasteiger partial charge in [-0.2, -0.15) is 0 Å². The molecule has 1 atom stereocenters. The lowest BCUT2D eigenvalue weighted by molar-refractivity contribution is 0.0289. The van der Waals surface area contributed by atoms with E-state index >= 15 is 0 Å². The largest absolute Gasteiger partial charge is 0.377 e. The highest BCUT2D eigenvalue weighted by Crippen LogP contribution is 2.05. The number of likely N-dealkylation sites (N-methyl/N-ethyl adjacent to an activating group) is 1. The Morgan fingerprint density at radius 1 is 1.07 bits per heavy atom. The van der Waals surface area contributed by atoms with E-state index in [1.165, 1.54) is 25.8 Å². The van der Waals surface area contributed by atoms with Crippen molar-refractivity contribution >= 4 is 0 Å². The van der Waals surface area contributed by atoms with Crippen LogP contribution in [0.2, 0.25) is 0 Å². The second-order valence-electron chi connectivity index (χ2n) is 3.76. The zero-order valence-corrected chi connectivity index (χ0v) is 10.4. The molecule has 0 saturated heterocycles. The summed E-state index contributed by atoms with van der Waals surface area (Å²) in [6.07, 6.45) is 4.08. The monoisotopic (exact) mass is 201 g/mol. The molecule has 0 aromatic carbocycles. The lowest BCUT2D eigenvalue weighted by atomic mass is 10.2. The molecule has 0 aliphatic heterocycles. The molecule has 0 amide bonds. The SMILES string of the molecule is CCCC(CN(CC)CCC)OCC. The van der Waals surface area contributed by atoms with Crippen molar-refractivity contribution in [3.8, 4) is 0 Å². The fourth-order valence-electron chi connectivity index (χ4n) is 1.77. The third kappa shape index (κ3) is 6.39. The van der Waals surface area contributed by atoms with Crippen LogP contribution in [0.1, 0.15) is 47.0 Å². The second-order valence-corrected chi connectivity index (χ2v) is 3.76. The summed E-state index contributed by atoms with van der Waals surface area (Å²) >= 11 is 0. The van der Waals surface area contributed by atoms with Gasteiger partial charge < -0.3 is 9.64 Å². The average Bonchev–Trinajstić information content (AvgIpc) is 2.18. The van der Waals surface area contributed by atoms with Crippen molar-refractivity contribution in [2.75, 3.05) is 26.2 Å². The quantitative estimate of drug-likeness (QED) is 0.569. The summed E-state index contributed by atoms with van der Waals surface area (Å²) in [7, 11) is 0. The molecule has 0 aromatic rings. The Labute approximate surface area is 89.6 Å². The molecule has 2 nitrogen and oxygen atoms in total. The van der Waals surface area contributed by atoms with Gasteiger partial charge in [-0.1, -0.05) is 27.2 Å². The lowest BCUT2D eigenvalue weighted by Gasteiger charge is -2.25. The summed E-state index contributed by atoms with van der Waals surface area (Å²) in [5.74, 6) is 0. The van der Waals surface area contributed by atoms with E-state index in [2.05, 4.69) is 32.6 Å². The highest BCUT2D eigenvalue weighted by Gasteiger charge is 2.11. The Kier molecular flexibility index (Phi) is 9.42. The van der Waals surface area contributed by atoms with Gasteiger partial charge in [-0.05, 0) is 32.9 Å². The smallest absolute Gasteiger partial charge is 0.0701 e. The first-order chi connectivity index (χ1) is 6.78. The molecular weight excluding hydrogens is 174 g/mol. The third-order valence-corrected chi connectivity index (χ3v) is 2.46. The summed E-state index contributed by atoms with van der Waals surface area (Å²) in [5.41, 5.74) is 0. The van der Waals surface area contributed by atoms with E-state index in [1.807, 2.05) is 0 Å². The van der Waals surface area contributed by atoms with Crippen molar-refractivity contribution < 1.29 is 4.74 Å². The highest BCUT2D eigenvalue weighted by molar-refractivity contribution is 4.64. The molecule has 0 rings (SSSR count). The lowest BCUT2D eigenvalue weighted by Crippen LogP contribution is -2.34. The van der Waals surface area contributed by atoms with Crippen LogP contribution in [0, 0.1) is 0 Å². The van der Waals surface area contributed by atoms with Crippen molar-refractivity contribution in [2.24, 2.45) is 0 Å². The molecule has 2 heteroatoms. The minimum atomic E-state index is 0.441. The molecule has 0 bridgehead atoms. The van der Waals surface area contributed by atoms with Crippen molar-refractivity contribution in [2.45, 2.75) is 53.1 Å². The first-order valence-corrected chi connectivity index (χ1v) is 6.12. The van der Waals surface area contributed by atoms with Crippen molar-refractivity contribution in [1.82, 2.24) is 4.90 Å². The fourth-order valence-corrected chi connectivity index (χ4v) is 1.77. The Bertz CT molecular complexity index is 111. The van der Waals surface area contributed by atoms with Crippen LogP contribution in [0.3, 0.4) is 0 Å². The first kappa shape index (κ1) is 13.9. The maximum absolute atomic E-state index is 5.72. The van der Waals surface area contributed by atoms with Crippen LogP contribution in [0.5, 0.6) is 0 Å². The van der Waals surface area contributed by atoms with Gasteiger partial charge in [-0.15, -0.1) is 0 Å². The van der Waals surface area contributed by atoms with Gasteiger partial charge in [0.2, 0.25) is 0 Å². The molecular formula is C12H27NO. The molecule has 0 heterocycles. The van der Waals surface area contributed by atoms with E-state index < -0.39 is 0 Å². The van der Waals surface area contributed by atoms with E-state index in [-0.39, 0.29) is 0 Å². The maximum Gasteiger partial charge on any atom is 0.0701 e. The fraction of sp³-hybridized carbons (Fsp3) is 1.00. The van der Waals surface area contributed by atoms with Crippen molar-refractivity contribution in [1.29, 1.82) is 0 Å². The zero-order chi connectivity index (χ0) is 10.8. The van der Waals surface area contributed by atoms with E-state index in [0.29, 0.717) is 6.10 Å². The Hall–Kier alpha value is -0.0800. The highest BCUT2D eigenvalue weighted by atomic mass is 16.5. The molecule has 0 aromatic heterocycles. The number of nitrogens with zero attached hydrogens (tertiary/aromatic N) is 1. The standard InChI is InChI=1S/C12H27NO/c1-5-9-12(14-8-4)11-13(7-3)10-6-2/h12H,5-11H2,1-4H3. The molecule has 0 fully saturated rings. The number of hydrogen-bond acceptors (Lipinski definition) is 2. The van der Waals surface area contributed by atoms with Gasteiger partial charge in [-0.3, -0.25) is 0 Å². The third-order valence-electron chi connectivity index (χ3n) is 2.46. The van der Waals surface area contributed by atoms with Crippen LogP contribution in [0.4, 0.5) is 0 Å². The summed E-state index contributed by atoms with van der Waals surface area (Å²) < 4.78 is 5.72. The minimum absolute atomic E-state index is 0.441. The van der Waals surface area contributed by atoms with E-state index in [4.69, 9.17) is 4.74 Å². The van der Waals surface area contributed by atoms with Crippen LogP contribution in [-0.2, 0) is 4.74 Å². The number of ether oxygens (including phenoxy) is 1. The van der Waals surface area contributed by atoms with E-state index in [9.17, 15) is 0 Å². The van der Waals surface area contributed by atoms with Crippen molar-refractivity contribution in [3.63, 3.8) is 0 Å². The average molecular weight is 201 g/mol. The predicted molar refractivity (Wildman–Crippen MR) is 62.7 cm³/mol. The normalized spacial score (nSPS) is 13.5. The zero-order valence-electron chi connectivity index (χ0n) is 10.4. The molecule has 0 spiro atoms. The number of hydrogen-bond donors (Lipinski definition) is 0. The van der Waals surface area contributed by atoms with Crippen LogP contribution in [0.25, 0.3) is 0 Å². The molecule has 1 unspecified atom stereocenters. The van der Waals surface area contributed by atoms with Gasteiger partial charge >= 0.3 is 0 Å². The predicted octanol–water partition coefficient (Wildman–Crippen LogP) is 2.92. The van der Waals surface area contributed by atoms with Gasteiger partial charge in [-0.25, -0.2) is 0 Å². The van der Waals surface area contributed by atoms with Crippen LogP contribution >= 0.6 is 0 Å². The molecule has 0 aliphatic rings. The molecule has 0 N–H and O–H groups in total. The second kappa shape index (κ2) is 9.47. The maximum atomic E-state index is 5.72. The van der Waals surface area contributed by atoms with Gasteiger partial charge in [0, 0.05) is 13.2 Å². The molecule has 14 heavy (non-hydrogen) atoms. The summed E-state index contributed by atoms with van der Waals surface area (Å²) in [6.45, 7) is 13.1. The van der Waals surface area contributed by atoms with Crippen molar-refractivity contribution in [3.05, 3.63) is 0 Å². The Morgan fingerprint density at radius 3 is 2.21 bits per heavy atom. The first-order valence-electron chi connectivity index (χ1n) is 6.12. The van der Waals surface area contributed by atoms with Crippen LogP contribution in [-0.4, -0.2) is 37.2 Å². The Balaban J connectivity index is 3.83. The molecule has 0 aliphatic carbocycles. The van der Waals surface area contributed by atoms with E-state index in [0.717, 1.165) is 19.7 Å². The van der Waals surface area contributed by atoms with Gasteiger partial charge in [0.15, 0.2) is 0 Å². The molecule has 86 valence electrons. The molecule has 0 saturated carbocycles. The van der Waals surface area contributed by atoms with Crippen LogP contribution in [0.15, 0.2) is 0 Å². The van der Waals surface area contributed by atoms with Crippen LogP contribution < -0.4 is 0 Å². The summed E-state index contributed by atoms with van der Waals surface area (Å²) in [6, 6.07) is 0. The van der Waals surface area contributed by atoms with E-state index in [1.54, 1.807) is 0 Å². The summed E-state index contributed by atoms with van der Waals surface area (Å²) in [5, 5.41) is 0. The topological polar surface area (TPSA) is 12.5 Å². The summed E-state index contributed by atoms with van der Waals surface area (Å²) in [4.78, 5) is 2.48.